The van der Waals surface area contributed by atoms with Crippen molar-refractivity contribution in [2.75, 3.05) is 13.1 Å². The van der Waals surface area contributed by atoms with Crippen LogP contribution in [0.15, 0.2) is 48.5 Å². The molecule has 2 saturated heterocycles. The molecule has 5 rings (SSSR count). The first-order valence-corrected chi connectivity index (χ1v) is 11.2. The zero-order chi connectivity index (χ0) is 24.0. The molecule has 9 nitrogen and oxygen atoms in total. The average Bonchev–Trinajstić information content (AvgIpc) is 3.42. The van der Waals surface area contributed by atoms with E-state index in [0.717, 1.165) is 5.56 Å². The Morgan fingerprint density at radius 1 is 0.971 bits per heavy atom. The lowest BCUT2D eigenvalue weighted by molar-refractivity contribution is -0.141. The standard InChI is InChI=1S/C25H23N3O6/c29-21-10-9-20(22(30)26-21)28-13-18-15(7-4-8-16(18)24(28)32)23(31)27-11-17(19(12-27)25(33)34)14-5-2-1-3-6-14/h1-8,17,19-20H,9-13H2,(H,33,34)(H,26,29,30)/t17-,19+,20?/m0/s1. The number of aliphatic carboxylic acids is 1. The van der Waals surface area contributed by atoms with Crippen molar-refractivity contribution in [3.8, 4) is 0 Å². The van der Waals surface area contributed by atoms with E-state index in [9.17, 15) is 29.1 Å². The molecule has 4 amide bonds. The Bertz CT molecular complexity index is 1210. The quantitative estimate of drug-likeness (QED) is 0.663. The van der Waals surface area contributed by atoms with E-state index in [1.165, 1.54) is 9.80 Å². The van der Waals surface area contributed by atoms with Crippen LogP contribution in [0.25, 0.3) is 0 Å². The maximum atomic E-state index is 13.5. The van der Waals surface area contributed by atoms with E-state index < -0.39 is 23.8 Å². The molecule has 9 heteroatoms. The fourth-order valence-electron chi connectivity index (χ4n) is 5.21. The number of rotatable bonds is 4. The van der Waals surface area contributed by atoms with E-state index in [1.807, 2.05) is 30.3 Å². The van der Waals surface area contributed by atoms with Crippen molar-refractivity contribution in [3.63, 3.8) is 0 Å². The van der Waals surface area contributed by atoms with Crippen LogP contribution in [0.4, 0.5) is 0 Å². The number of carboxylic acids is 1. The predicted molar refractivity (Wildman–Crippen MR) is 119 cm³/mol. The first-order chi connectivity index (χ1) is 16.3. The first kappa shape index (κ1) is 21.8. The summed E-state index contributed by atoms with van der Waals surface area (Å²) in [4.78, 5) is 65.3. The third-order valence-electron chi connectivity index (χ3n) is 6.96. The van der Waals surface area contributed by atoms with Gasteiger partial charge in [0.25, 0.3) is 11.8 Å². The molecule has 0 bridgehead atoms. The van der Waals surface area contributed by atoms with Crippen LogP contribution in [0.3, 0.4) is 0 Å². The molecule has 3 aliphatic rings. The lowest BCUT2D eigenvalue weighted by atomic mass is 9.89. The van der Waals surface area contributed by atoms with Crippen LogP contribution in [0.1, 0.15) is 50.6 Å². The summed E-state index contributed by atoms with van der Waals surface area (Å²) in [5.41, 5.74) is 2.07. The molecular formula is C25H23N3O6. The Labute approximate surface area is 195 Å². The van der Waals surface area contributed by atoms with Gasteiger partial charge in [0, 0.05) is 43.1 Å². The number of nitrogens with one attached hydrogen (secondary N) is 1. The van der Waals surface area contributed by atoms with Crippen molar-refractivity contribution in [2.45, 2.75) is 31.3 Å². The Kier molecular flexibility index (Phi) is 5.39. The minimum atomic E-state index is -0.957. The molecule has 2 aromatic carbocycles. The molecule has 0 spiro atoms. The summed E-state index contributed by atoms with van der Waals surface area (Å²) in [6, 6.07) is 13.4. The maximum Gasteiger partial charge on any atom is 0.308 e. The van der Waals surface area contributed by atoms with Crippen LogP contribution in [-0.2, 0) is 20.9 Å². The van der Waals surface area contributed by atoms with Gasteiger partial charge in [-0.1, -0.05) is 36.4 Å². The number of hydrogen-bond donors (Lipinski definition) is 2. The molecule has 0 aliphatic carbocycles. The summed E-state index contributed by atoms with van der Waals surface area (Å²) >= 11 is 0. The molecule has 2 fully saturated rings. The van der Waals surface area contributed by atoms with Crippen molar-refractivity contribution < 1.29 is 29.1 Å². The summed E-state index contributed by atoms with van der Waals surface area (Å²) < 4.78 is 0. The number of benzene rings is 2. The van der Waals surface area contributed by atoms with Gasteiger partial charge in [0.2, 0.25) is 11.8 Å². The summed E-state index contributed by atoms with van der Waals surface area (Å²) in [5.74, 6) is -3.59. The molecule has 3 heterocycles. The van der Waals surface area contributed by atoms with Crippen molar-refractivity contribution >= 4 is 29.6 Å². The summed E-state index contributed by atoms with van der Waals surface area (Å²) in [5, 5.41) is 12.0. The molecule has 0 radical (unpaired) electrons. The van der Waals surface area contributed by atoms with Crippen molar-refractivity contribution in [1.29, 1.82) is 0 Å². The number of imide groups is 1. The number of carbonyl (C=O) groups is 5. The largest absolute Gasteiger partial charge is 0.481 e. The summed E-state index contributed by atoms with van der Waals surface area (Å²) in [6.07, 6.45) is 0.381. The molecule has 1 unspecified atom stereocenters. The summed E-state index contributed by atoms with van der Waals surface area (Å²) in [6.45, 7) is 0.414. The number of piperidine rings is 1. The zero-order valence-electron chi connectivity index (χ0n) is 18.3. The SMILES string of the molecule is O=C1CCC(N2Cc3c(C(=O)N4C[C@@H](C(=O)O)[C@H](c5ccccc5)C4)cccc3C2=O)C(=O)N1. The van der Waals surface area contributed by atoms with Gasteiger partial charge < -0.3 is 14.9 Å². The fraction of sp³-hybridized carbons (Fsp3) is 0.320. The Hall–Kier alpha value is -4.01. The van der Waals surface area contributed by atoms with Gasteiger partial charge in [-0.05, 0) is 29.7 Å². The zero-order valence-corrected chi connectivity index (χ0v) is 18.3. The number of likely N-dealkylation sites (tertiary alicyclic amines) is 1. The number of fused-ring (bicyclic) bond motifs is 1. The van der Waals surface area contributed by atoms with Crippen LogP contribution in [0.5, 0.6) is 0 Å². The normalized spacial score (nSPS) is 24.2. The van der Waals surface area contributed by atoms with E-state index in [0.29, 0.717) is 16.7 Å². The first-order valence-electron chi connectivity index (χ1n) is 11.2. The highest BCUT2D eigenvalue weighted by Gasteiger charge is 2.43. The monoisotopic (exact) mass is 461 g/mol. The minimum absolute atomic E-state index is 0.0716. The summed E-state index contributed by atoms with van der Waals surface area (Å²) in [7, 11) is 0. The second-order valence-corrected chi connectivity index (χ2v) is 8.90. The van der Waals surface area contributed by atoms with Gasteiger partial charge in [0.1, 0.15) is 6.04 Å². The molecular weight excluding hydrogens is 438 g/mol. The van der Waals surface area contributed by atoms with Gasteiger partial charge in [0.15, 0.2) is 0 Å². The molecule has 0 aromatic heterocycles. The van der Waals surface area contributed by atoms with Gasteiger partial charge in [-0.25, -0.2) is 0 Å². The van der Waals surface area contributed by atoms with Gasteiger partial charge in [-0.15, -0.1) is 0 Å². The maximum absolute atomic E-state index is 13.5. The Morgan fingerprint density at radius 2 is 1.74 bits per heavy atom. The van der Waals surface area contributed by atoms with E-state index in [-0.39, 0.29) is 56.1 Å². The molecule has 2 aromatic rings. The van der Waals surface area contributed by atoms with E-state index in [2.05, 4.69) is 5.32 Å². The molecule has 174 valence electrons. The lowest BCUT2D eigenvalue weighted by Gasteiger charge is -2.29. The van der Waals surface area contributed by atoms with E-state index in [1.54, 1.807) is 18.2 Å². The topological polar surface area (TPSA) is 124 Å². The smallest absolute Gasteiger partial charge is 0.308 e. The van der Waals surface area contributed by atoms with E-state index >= 15 is 0 Å². The molecule has 2 N–H and O–H groups in total. The van der Waals surface area contributed by atoms with Crippen molar-refractivity contribution in [1.82, 2.24) is 15.1 Å². The van der Waals surface area contributed by atoms with Gasteiger partial charge in [-0.2, -0.15) is 0 Å². The molecule has 34 heavy (non-hydrogen) atoms. The minimum Gasteiger partial charge on any atom is -0.481 e. The lowest BCUT2D eigenvalue weighted by Crippen LogP contribution is -2.52. The Morgan fingerprint density at radius 3 is 2.44 bits per heavy atom. The highest BCUT2D eigenvalue weighted by atomic mass is 16.4. The second kappa shape index (κ2) is 8.40. The number of carbonyl (C=O) groups excluding carboxylic acids is 4. The number of amides is 4. The van der Waals surface area contributed by atoms with Crippen LogP contribution in [0.2, 0.25) is 0 Å². The van der Waals surface area contributed by atoms with Crippen LogP contribution in [0, 0.1) is 5.92 Å². The van der Waals surface area contributed by atoms with Crippen LogP contribution < -0.4 is 5.32 Å². The third kappa shape index (κ3) is 3.63. The van der Waals surface area contributed by atoms with Gasteiger partial charge in [-0.3, -0.25) is 29.3 Å². The third-order valence-corrected chi connectivity index (χ3v) is 6.96. The number of hydrogen-bond acceptors (Lipinski definition) is 5. The highest BCUT2D eigenvalue weighted by Crippen LogP contribution is 2.35. The average molecular weight is 461 g/mol. The Balaban J connectivity index is 1.41. The van der Waals surface area contributed by atoms with Gasteiger partial charge in [0.05, 0.1) is 5.92 Å². The molecule has 3 atom stereocenters. The fourth-order valence-corrected chi connectivity index (χ4v) is 5.21. The molecule has 3 aliphatic heterocycles. The number of nitrogens with zero attached hydrogens (tertiary/aromatic N) is 2. The second-order valence-electron chi connectivity index (χ2n) is 8.90. The van der Waals surface area contributed by atoms with Crippen LogP contribution >= 0.6 is 0 Å². The molecule has 0 saturated carbocycles. The van der Waals surface area contributed by atoms with Crippen molar-refractivity contribution in [3.05, 3.63) is 70.8 Å². The van der Waals surface area contributed by atoms with E-state index in [4.69, 9.17) is 0 Å². The van der Waals surface area contributed by atoms with Crippen molar-refractivity contribution in [2.24, 2.45) is 5.92 Å². The van der Waals surface area contributed by atoms with Gasteiger partial charge >= 0.3 is 5.97 Å². The number of carboxylic acid groups (broad SMARTS) is 1. The predicted octanol–water partition coefficient (Wildman–Crippen LogP) is 1.39. The van der Waals surface area contributed by atoms with Crippen LogP contribution in [-0.4, -0.2) is 63.6 Å². The highest BCUT2D eigenvalue weighted by molar-refractivity contribution is 6.08.